The highest BCUT2D eigenvalue weighted by Gasteiger charge is 2.08. The summed E-state index contributed by atoms with van der Waals surface area (Å²) in [7, 11) is 0. The number of nitrogens with zero attached hydrogens (tertiary/aromatic N) is 3. The number of carbonyl (C=O) groups excluding carboxylic acids is 1. The van der Waals surface area contributed by atoms with Gasteiger partial charge in [0.05, 0.1) is 36.8 Å². The van der Waals surface area contributed by atoms with Gasteiger partial charge in [-0.25, -0.2) is 15.0 Å². The molecule has 1 N–H and O–H groups in total. The molecule has 0 saturated carbocycles. The quantitative estimate of drug-likeness (QED) is 0.829. The fourth-order valence-electron chi connectivity index (χ4n) is 1.29. The van der Waals surface area contributed by atoms with E-state index in [1.54, 1.807) is 19.3 Å². The number of ether oxygens (including phenoxy) is 1. The van der Waals surface area contributed by atoms with Crippen LogP contribution in [0.15, 0.2) is 24.1 Å². The van der Waals surface area contributed by atoms with Crippen molar-refractivity contribution in [2.45, 2.75) is 13.3 Å². The van der Waals surface area contributed by atoms with Crippen molar-refractivity contribution < 1.29 is 9.53 Å². The molecule has 0 saturated heterocycles. The summed E-state index contributed by atoms with van der Waals surface area (Å²) < 4.78 is 4.86. The third-order valence-corrected chi connectivity index (χ3v) is 2.80. The zero-order valence-corrected chi connectivity index (χ0v) is 10.6. The number of rotatable bonds is 5. The van der Waals surface area contributed by atoms with Gasteiger partial charge in [-0.3, -0.25) is 4.79 Å². The third-order valence-electron chi connectivity index (χ3n) is 1.99. The number of carbonyl (C=O) groups is 1. The molecule has 0 atom stereocenters. The molecule has 0 amide bonds. The van der Waals surface area contributed by atoms with Crippen molar-refractivity contribution in [3.05, 3.63) is 29.8 Å². The predicted octanol–water partition coefficient (Wildman–Crippen LogP) is 1.78. The second-order valence-electron chi connectivity index (χ2n) is 3.38. The maximum absolute atomic E-state index is 11.3. The molecular weight excluding hydrogens is 252 g/mol. The Morgan fingerprint density at radius 1 is 1.44 bits per heavy atom. The summed E-state index contributed by atoms with van der Waals surface area (Å²) in [6.45, 7) is 2.16. The molecule has 2 aromatic heterocycles. The monoisotopic (exact) mass is 264 g/mol. The topological polar surface area (TPSA) is 77.0 Å². The first-order valence-electron chi connectivity index (χ1n) is 5.40. The summed E-state index contributed by atoms with van der Waals surface area (Å²) in [6.07, 6.45) is 4.95. The van der Waals surface area contributed by atoms with Crippen LogP contribution in [0.4, 0.5) is 10.8 Å². The van der Waals surface area contributed by atoms with E-state index in [0.717, 1.165) is 5.69 Å². The molecule has 2 heterocycles. The van der Waals surface area contributed by atoms with Gasteiger partial charge in [-0.2, -0.15) is 0 Å². The first-order chi connectivity index (χ1) is 8.78. The molecule has 0 radical (unpaired) electrons. The van der Waals surface area contributed by atoms with Crippen molar-refractivity contribution in [1.82, 2.24) is 15.0 Å². The van der Waals surface area contributed by atoms with Crippen LogP contribution >= 0.6 is 11.3 Å². The average molecular weight is 264 g/mol. The highest BCUT2D eigenvalue weighted by molar-refractivity contribution is 7.13. The van der Waals surface area contributed by atoms with Gasteiger partial charge < -0.3 is 10.1 Å². The fraction of sp³-hybridized carbons (Fsp3) is 0.273. The van der Waals surface area contributed by atoms with E-state index in [1.807, 2.05) is 5.38 Å². The van der Waals surface area contributed by atoms with Gasteiger partial charge >= 0.3 is 5.97 Å². The summed E-state index contributed by atoms with van der Waals surface area (Å²) >= 11 is 1.42. The first kappa shape index (κ1) is 12.4. The van der Waals surface area contributed by atoms with Crippen LogP contribution in [-0.2, 0) is 16.0 Å². The fourth-order valence-corrected chi connectivity index (χ4v) is 2.02. The van der Waals surface area contributed by atoms with Crippen LogP contribution < -0.4 is 5.32 Å². The molecule has 18 heavy (non-hydrogen) atoms. The number of aromatic nitrogens is 3. The molecule has 0 bridgehead atoms. The summed E-state index contributed by atoms with van der Waals surface area (Å²) in [5.74, 6) is -0.266. The number of anilines is 2. The third kappa shape index (κ3) is 3.49. The van der Waals surface area contributed by atoms with Crippen molar-refractivity contribution in [1.29, 1.82) is 0 Å². The lowest BCUT2D eigenvalue weighted by atomic mass is 10.3. The van der Waals surface area contributed by atoms with Gasteiger partial charge in [0, 0.05) is 5.38 Å². The Hall–Kier alpha value is -2.02. The van der Waals surface area contributed by atoms with Crippen LogP contribution in [0.1, 0.15) is 12.6 Å². The van der Waals surface area contributed by atoms with E-state index in [-0.39, 0.29) is 12.4 Å². The van der Waals surface area contributed by atoms with Gasteiger partial charge in [-0.05, 0) is 6.92 Å². The molecule has 0 aliphatic rings. The zero-order chi connectivity index (χ0) is 12.8. The Morgan fingerprint density at radius 3 is 2.94 bits per heavy atom. The second kappa shape index (κ2) is 6.06. The van der Waals surface area contributed by atoms with Gasteiger partial charge in [0.2, 0.25) is 0 Å². The Kier molecular flexibility index (Phi) is 4.19. The smallest absolute Gasteiger partial charge is 0.311 e. The van der Waals surface area contributed by atoms with Crippen molar-refractivity contribution >= 4 is 28.1 Å². The van der Waals surface area contributed by atoms with Crippen molar-refractivity contribution in [2.75, 3.05) is 11.9 Å². The molecule has 6 nitrogen and oxygen atoms in total. The maximum atomic E-state index is 11.3. The normalized spacial score (nSPS) is 10.1. The van der Waals surface area contributed by atoms with Gasteiger partial charge in [0.25, 0.3) is 0 Å². The van der Waals surface area contributed by atoms with Crippen LogP contribution in [-0.4, -0.2) is 27.5 Å². The second-order valence-corrected chi connectivity index (χ2v) is 4.24. The summed E-state index contributed by atoms with van der Waals surface area (Å²) in [5, 5.41) is 5.58. The number of thiazole rings is 1. The molecule has 0 fully saturated rings. The summed E-state index contributed by atoms with van der Waals surface area (Å²) in [5.41, 5.74) is 1.45. The van der Waals surface area contributed by atoms with E-state index >= 15 is 0 Å². The maximum Gasteiger partial charge on any atom is 0.311 e. The van der Waals surface area contributed by atoms with Gasteiger partial charge in [0.1, 0.15) is 6.33 Å². The lowest BCUT2D eigenvalue weighted by Gasteiger charge is -2.00. The van der Waals surface area contributed by atoms with E-state index < -0.39 is 0 Å². The standard InChI is InChI=1S/C11H12N4O2S/c1-2-17-10(16)3-8-6-18-11(14-8)15-9-4-12-7-13-5-9/h4-7H,2-3H2,1H3,(H,14,15). The van der Waals surface area contributed by atoms with Gasteiger partial charge in [0.15, 0.2) is 5.13 Å². The molecule has 0 aliphatic carbocycles. The van der Waals surface area contributed by atoms with Crippen molar-refractivity contribution in [3.63, 3.8) is 0 Å². The zero-order valence-electron chi connectivity index (χ0n) is 9.79. The molecule has 0 aliphatic heterocycles. The molecular formula is C11H12N4O2S. The van der Waals surface area contributed by atoms with Crippen LogP contribution in [0, 0.1) is 0 Å². The highest BCUT2D eigenvalue weighted by atomic mass is 32.1. The predicted molar refractivity (Wildman–Crippen MR) is 67.8 cm³/mol. The first-order valence-corrected chi connectivity index (χ1v) is 6.28. The Balaban J connectivity index is 1.96. The number of nitrogens with one attached hydrogen (secondary N) is 1. The molecule has 7 heteroatoms. The van der Waals surface area contributed by atoms with Crippen LogP contribution in [0.25, 0.3) is 0 Å². The minimum absolute atomic E-state index is 0.192. The van der Waals surface area contributed by atoms with Gasteiger partial charge in [-0.1, -0.05) is 0 Å². The molecule has 2 aromatic rings. The molecule has 0 spiro atoms. The average Bonchev–Trinajstić information content (AvgIpc) is 2.78. The van der Waals surface area contributed by atoms with E-state index in [1.165, 1.54) is 17.7 Å². The minimum atomic E-state index is -0.266. The van der Waals surface area contributed by atoms with E-state index in [9.17, 15) is 4.79 Å². The molecule has 2 rings (SSSR count). The van der Waals surface area contributed by atoms with E-state index in [0.29, 0.717) is 17.4 Å². The van der Waals surface area contributed by atoms with Gasteiger partial charge in [-0.15, -0.1) is 11.3 Å². The molecule has 0 unspecified atom stereocenters. The Bertz CT molecular complexity index is 515. The number of hydrogen-bond acceptors (Lipinski definition) is 7. The van der Waals surface area contributed by atoms with Crippen molar-refractivity contribution in [3.8, 4) is 0 Å². The van der Waals surface area contributed by atoms with E-state index in [4.69, 9.17) is 4.74 Å². The molecule has 94 valence electrons. The van der Waals surface area contributed by atoms with Crippen LogP contribution in [0.3, 0.4) is 0 Å². The largest absolute Gasteiger partial charge is 0.466 e. The lowest BCUT2D eigenvalue weighted by molar-refractivity contribution is -0.142. The Labute approximate surface area is 108 Å². The summed E-state index contributed by atoms with van der Waals surface area (Å²) in [4.78, 5) is 23.3. The molecule has 0 aromatic carbocycles. The van der Waals surface area contributed by atoms with Crippen LogP contribution in [0.2, 0.25) is 0 Å². The minimum Gasteiger partial charge on any atom is -0.466 e. The summed E-state index contributed by atoms with van der Waals surface area (Å²) in [6, 6.07) is 0. The van der Waals surface area contributed by atoms with E-state index in [2.05, 4.69) is 20.3 Å². The Morgan fingerprint density at radius 2 is 2.22 bits per heavy atom. The highest BCUT2D eigenvalue weighted by Crippen LogP contribution is 2.20. The van der Waals surface area contributed by atoms with Crippen molar-refractivity contribution in [2.24, 2.45) is 0 Å². The number of esters is 1. The lowest BCUT2D eigenvalue weighted by Crippen LogP contribution is -2.07. The number of hydrogen-bond donors (Lipinski definition) is 1. The van der Waals surface area contributed by atoms with Crippen LogP contribution in [0.5, 0.6) is 0 Å². The SMILES string of the molecule is CCOC(=O)Cc1csc(Nc2cncnc2)n1.